The second-order valence-corrected chi connectivity index (χ2v) is 4.60. The number of hydrogen-bond donors (Lipinski definition) is 1. The highest BCUT2D eigenvalue weighted by Crippen LogP contribution is 2.26. The first-order valence-corrected chi connectivity index (χ1v) is 6.54. The highest BCUT2D eigenvalue weighted by molar-refractivity contribution is 5.41. The first-order valence-electron chi connectivity index (χ1n) is 6.54. The van der Waals surface area contributed by atoms with Gasteiger partial charge in [-0.25, -0.2) is 4.68 Å². The minimum absolute atomic E-state index is 0.282. The maximum Gasteiger partial charge on any atom is 0.217 e. The molecular weight excluding hydrogens is 224 g/mol. The van der Waals surface area contributed by atoms with Crippen molar-refractivity contribution in [3.63, 3.8) is 0 Å². The number of aryl methyl sites for hydroxylation is 2. The molecule has 0 aliphatic carbocycles. The second-order valence-electron chi connectivity index (χ2n) is 4.60. The third-order valence-electron chi connectivity index (χ3n) is 3.16. The van der Waals surface area contributed by atoms with Crippen molar-refractivity contribution in [3.8, 4) is 11.6 Å². The molecule has 1 aromatic carbocycles. The van der Waals surface area contributed by atoms with E-state index in [4.69, 9.17) is 0 Å². The van der Waals surface area contributed by atoms with E-state index in [1.165, 1.54) is 5.56 Å². The highest BCUT2D eigenvalue weighted by Gasteiger charge is 2.15. The molecule has 3 heteroatoms. The van der Waals surface area contributed by atoms with E-state index >= 15 is 0 Å². The van der Waals surface area contributed by atoms with E-state index in [1.54, 1.807) is 4.68 Å². The Morgan fingerprint density at radius 2 is 1.83 bits per heavy atom. The van der Waals surface area contributed by atoms with E-state index in [-0.39, 0.29) is 5.88 Å². The summed E-state index contributed by atoms with van der Waals surface area (Å²) in [5, 5.41) is 14.8. The van der Waals surface area contributed by atoms with Crippen molar-refractivity contribution >= 4 is 0 Å². The Hall–Kier alpha value is -1.77. The Balaban J connectivity index is 2.47. The molecule has 0 aliphatic heterocycles. The van der Waals surface area contributed by atoms with Gasteiger partial charge in [-0.05, 0) is 31.9 Å². The van der Waals surface area contributed by atoms with Crippen LogP contribution in [-0.2, 0) is 12.8 Å². The van der Waals surface area contributed by atoms with Crippen molar-refractivity contribution in [2.45, 2.75) is 40.0 Å². The SMILES string of the molecule is CCCc1nn(-c2ccc(C)cc2)c(O)c1CC. The molecule has 1 N–H and O–H groups in total. The molecule has 0 bridgehead atoms. The average molecular weight is 244 g/mol. The maximum absolute atomic E-state index is 10.3. The number of rotatable bonds is 4. The van der Waals surface area contributed by atoms with Gasteiger partial charge in [-0.15, -0.1) is 0 Å². The molecule has 0 atom stereocenters. The quantitative estimate of drug-likeness (QED) is 0.895. The van der Waals surface area contributed by atoms with Crippen LogP contribution in [0.15, 0.2) is 24.3 Å². The summed E-state index contributed by atoms with van der Waals surface area (Å²) in [6, 6.07) is 8.03. The fourth-order valence-electron chi connectivity index (χ4n) is 2.15. The Labute approximate surface area is 108 Å². The van der Waals surface area contributed by atoms with Gasteiger partial charge in [0.1, 0.15) is 0 Å². The topological polar surface area (TPSA) is 38.0 Å². The molecule has 2 aromatic rings. The van der Waals surface area contributed by atoms with Gasteiger partial charge in [-0.3, -0.25) is 0 Å². The summed E-state index contributed by atoms with van der Waals surface area (Å²) in [7, 11) is 0. The van der Waals surface area contributed by atoms with Gasteiger partial charge < -0.3 is 5.11 Å². The first-order chi connectivity index (χ1) is 8.67. The van der Waals surface area contributed by atoms with Crippen LogP contribution in [0.2, 0.25) is 0 Å². The predicted molar refractivity (Wildman–Crippen MR) is 73.3 cm³/mol. The van der Waals surface area contributed by atoms with Gasteiger partial charge in [0.05, 0.1) is 11.4 Å². The molecule has 0 radical (unpaired) electrons. The minimum atomic E-state index is 0.282. The van der Waals surface area contributed by atoms with Crippen molar-refractivity contribution in [2.24, 2.45) is 0 Å². The molecule has 0 amide bonds. The van der Waals surface area contributed by atoms with Gasteiger partial charge in [0.2, 0.25) is 5.88 Å². The molecule has 0 fully saturated rings. The van der Waals surface area contributed by atoms with Crippen LogP contribution >= 0.6 is 0 Å². The van der Waals surface area contributed by atoms with Gasteiger partial charge in [-0.2, -0.15) is 5.10 Å². The largest absolute Gasteiger partial charge is 0.493 e. The summed E-state index contributed by atoms with van der Waals surface area (Å²) in [5.74, 6) is 0.282. The van der Waals surface area contributed by atoms with Crippen LogP contribution in [0.5, 0.6) is 5.88 Å². The van der Waals surface area contributed by atoms with Gasteiger partial charge in [0.25, 0.3) is 0 Å². The summed E-state index contributed by atoms with van der Waals surface area (Å²) in [6.07, 6.45) is 2.76. The van der Waals surface area contributed by atoms with Gasteiger partial charge in [0, 0.05) is 5.56 Å². The Bertz CT molecular complexity index is 526. The fourth-order valence-corrected chi connectivity index (χ4v) is 2.15. The lowest BCUT2D eigenvalue weighted by Crippen LogP contribution is -1.96. The van der Waals surface area contributed by atoms with Crippen LogP contribution in [-0.4, -0.2) is 14.9 Å². The second kappa shape index (κ2) is 5.25. The van der Waals surface area contributed by atoms with E-state index < -0.39 is 0 Å². The van der Waals surface area contributed by atoms with E-state index in [9.17, 15) is 5.11 Å². The summed E-state index contributed by atoms with van der Waals surface area (Å²) in [5.41, 5.74) is 4.10. The molecule has 0 unspecified atom stereocenters. The van der Waals surface area contributed by atoms with Crippen LogP contribution in [0.1, 0.15) is 37.1 Å². The minimum Gasteiger partial charge on any atom is -0.493 e. The lowest BCUT2D eigenvalue weighted by Gasteiger charge is -2.03. The van der Waals surface area contributed by atoms with E-state index in [0.717, 1.165) is 36.2 Å². The lowest BCUT2D eigenvalue weighted by molar-refractivity contribution is 0.428. The molecule has 18 heavy (non-hydrogen) atoms. The smallest absolute Gasteiger partial charge is 0.217 e. The fraction of sp³-hybridized carbons (Fsp3) is 0.400. The first kappa shape index (κ1) is 12.7. The summed E-state index contributed by atoms with van der Waals surface area (Å²) >= 11 is 0. The van der Waals surface area contributed by atoms with Crippen molar-refractivity contribution < 1.29 is 5.11 Å². The third kappa shape index (κ3) is 2.26. The van der Waals surface area contributed by atoms with Gasteiger partial charge in [0.15, 0.2) is 0 Å². The van der Waals surface area contributed by atoms with Crippen molar-refractivity contribution in [1.29, 1.82) is 0 Å². The Morgan fingerprint density at radius 1 is 1.17 bits per heavy atom. The van der Waals surface area contributed by atoms with Crippen molar-refractivity contribution in [1.82, 2.24) is 9.78 Å². The zero-order valence-electron chi connectivity index (χ0n) is 11.3. The number of benzene rings is 1. The zero-order valence-corrected chi connectivity index (χ0v) is 11.3. The standard InChI is InChI=1S/C15H20N2O/c1-4-6-14-13(5-2)15(18)17(16-14)12-9-7-11(3)8-10-12/h7-10,18H,4-6H2,1-3H3. The van der Waals surface area contributed by atoms with Crippen LogP contribution in [0, 0.1) is 6.92 Å². The lowest BCUT2D eigenvalue weighted by atomic mass is 10.1. The summed E-state index contributed by atoms with van der Waals surface area (Å²) in [4.78, 5) is 0. The molecule has 0 saturated heterocycles. The van der Waals surface area contributed by atoms with Crippen LogP contribution in [0.3, 0.4) is 0 Å². The Kier molecular flexibility index (Phi) is 3.70. The number of aromatic nitrogens is 2. The molecule has 1 aromatic heterocycles. The molecule has 0 saturated carbocycles. The number of nitrogens with zero attached hydrogens (tertiary/aromatic N) is 2. The monoisotopic (exact) mass is 244 g/mol. The molecule has 3 nitrogen and oxygen atoms in total. The van der Waals surface area contributed by atoms with E-state index in [2.05, 4.69) is 18.9 Å². The van der Waals surface area contributed by atoms with E-state index in [1.807, 2.05) is 31.2 Å². The van der Waals surface area contributed by atoms with E-state index in [0.29, 0.717) is 0 Å². The molecule has 2 rings (SSSR count). The normalized spacial score (nSPS) is 10.8. The zero-order chi connectivity index (χ0) is 13.1. The van der Waals surface area contributed by atoms with Crippen LogP contribution in [0.25, 0.3) is 5.69 Å². The van der Waals surface area contributed by atoms with Crippen molar-refractivity contribution in [2.75, 3.05) is 0 Å². The van der Waals surface area contributed by atoms with Gasteiger partial charge in [-0.1, -0.05) is 38.0 Å². The highest BCUT2D eigenvalue weighted by atomic mass is 16.3. The third-order valence-corrected chi connectivity index (χ3v) is 3.16. The summed E-state index contributed by atoms with van der Waals surface area (Å²) in [6.45, 7) is 6.23. The molecular formula is C15H20N2O. The summed E-state index contributed by atoms with van der Waals surface area (Å²) < 4.78 is 1.64. The average Bonchev–Trinajstić information content (AvgIpc) is 2.67. The molecule has 1 heterocycles. The predicted octanol–water partition coefficient (Wildman–Crippen LogP) is 3.40. The van der Waals surface area contributed by atoms with Gasteiger partial charge >= 0.3 is 0 Å². The molecule has 96 valence electrons. The molecule has 0 aliphatic rings. The van der Waals surface area contributed by atoms with Crippen LogP contribution < -0.4 is 0 Å². The van der Waals surface area contributed by atoms with Crippen LogP contribution in [0.4, 0.5) is 0 Å². The van der Waals surface area contributed by atoms with Crippen molar-refractivity contribution in [3.05, 3.63) is 41.1 Å². The number of aromatic hydroxyl groups is 1. The maximum atomic E-state index is 10.3. The Morgan fingerprint density at radius 3 is 2.39 bits per heavy atom. The molecule has 0 spiro atoms. The number of hydrogen-bond acceptors (Lipinski definition) is 2.